The van der Waals surface area contributed by atoms with Crippen LogP contribution in [0.3, 0.4) is 0 Å². The lowest BCUT2D eigenvalue weighted by molar-refractivity contribution is -0.120. The van der Waals surface area contributed by atoms with Gasteiger partial charge in [-0.15, -0.1) is 0 Å². The second-order valence-electron chi connectivity index (χ2n) is 6.11. The van der Waals surface area contributed by atoms with Gasteiger partial charge >= 0.3 is 0 Å². The van der Waals surface area contributed by atoms with Gasteiger partial charge in [-0.1, -0.05) is 42.5 Å². The van der Waals surface area contributed by atoms with E-state index in [0.29, 0.717) is 19.6 Å². The maximum absolute atomic E-state index is 13.1. The van der Waals surface area contributed by atoms with Crippen LogP contribution < -0.4 is 10.1 Å². The average molecular weight is 362 g/mol. The highest BCUT2D eigenvalue weighted by Gasteiger charge is 2.10. The fraction of sp³-hybridized carbons (Fsp3) is 0.182. The first-order valence-electron chi connectivity index (χ1n) is 8.69. The van der Waals surface area contributed by atoms with Gasteiger partial charge in [0.05, 0.1) is 6.07 Å². The van der Waals surface area contributed by atoms with Gasteiger partial charge in [0.25, 0.3) is 0 Å². The molecule has 0 aliphatic heterocycles. The molecular weight excluding hydrogens is 343 g/mol. The van der Waals surface area contributed by atoms with Crippen LogP contribution in [-0.4, -0.2) is 12.5 Å². The molecule has 27 heavy (non-hydrogen) atoms. The van der Waals surface area contributed by atoms with Crippen molar-refractivity contribution in [2.24, 2.45) is 0 Å². The fourth-order valence-corrected chi connectivity index (χ4v) is 2.91. The second kappa shape index (κ2) is 8.81. The zero-order valence-electron chi connectivity index (χ0n) is 14.7. The van der Waals surface area contributed by atoms with E-state index >= 15 is 0 Å². The number of carbonyl (C=O) groups excluding carboxylic acids is 1. The number of hydrogen-bond acceptors (Lipinski definition) is 3. The summed E-state index contributed by atoms with van der Waals surface area (Å²) in [6, 6.07) is 19.9. The molecule has 0 saturated heterocycles. The van der Waals surface area contributed by atoms with Gasteiger partial charge in [-0.3, -0.25) is 4.79 Å². The normalized spacial score (nSPS) is 10.4. The Morgan fingerprint density at radius 2 is 1.85 bits per heavy atom. The van der Waals surface area contributed by atoms with Crippen LogP contribution in [0.1, 0.15) is 17.5 Å². The van der Waals surface area contributed by atoms with E-state index < -0.39 is 0 Å². The topological polar surface area (TPSA) is 62.1 Å². The number of nitriles is 1. The highest BCUT2D eigenvalue weighted by molar-refractivity contribution is 5.88. The molecule has 0 fully saturated rings. The Hall–Kier alpha value is -3.39. The molecule has 0 aliphatic rings. The van der Waals surface area contributed by atoms with E-state index in [1.807, 2.05) is 42.5 Å². The first kappa shape index (κ1) is 18.4. The summed E-state index contributed by atoms with van der Waals surface area (Å²) in [6.45, 7) is 0.744. The molecule has 0 spiro atoms. The van der Waals surface area contributed by atoms with Crippen LogP contribution in [0.4, 0.5) is 4.39 Å². The molecule has 5 heteroatoms. The number of nitrogens with zero attached hydrogens (tertiary/aromatic N) is 1. The minimum atomic E-state index is -0.286. The number of nitrogens with one attached hydrogen (secondary N) is 1. The number of fused-ring (bicyclic) bond motifs is 1. The van der Waals surface area contributed by atoms with Gasteiger partial charge < -0.3 is 10.1 Å². The van der Waals surface area contributed by atoms with Gasteiger partial charge in [0.2, 0.25) is 5.91 Å². The zero-order chi connectivity index (χ0) is 19.1. The number of rotatable bonds is 7. The standard InChI is InChI=1S/C22H19FN2O2/c23-18-8-5-16(6-9-18)15-27-21-10-7-17-3-1-2-4-19(17)20(21)12-14-25-22(26)11-13-24/h1-10H,11-12,14-15H2,(H,25,26). The third-order valence-electron chi connectivity index (χ3n) is 4.24. The SMILES string of the molecule is N#CCC(=O)NCCc1c(OCc2ccc(F)cc2)ccc2ccccc12. The fourth-order valence-electron chi connectivity index (χ4n) is 2.91. The molecule has 136 valence electrons. The van der Waals surface area contributed by atoms with Crippen LogP contribution >= 0.6 is 0 Å². The van der Waals surface area contributed by atoms with Crippen LogP contribution in [0, 0.1) is 17.1 Å². The van der Waals surface area contributed by atoms with Crippen LogP contribution in [-0.2, 0) is 17.8 Å². The van der Waals surface area contributed by atoms with Gasteiger partial charge in [0.15, 0.2) is 0 Å². The van der Waals surface area contributed by atoms with Crippen LogP contribution in [0.2, 0.25) is 0 Å². The number of halogens is 1. The summed E-state index contributed by atoms with van der Waals surface area (Å²) in [5.74, 6) is 0.164. The van der Waals surface area contributed by atoms with Gasteiger partial charge in [-0.05, 0) is 41.0 Å². The Kier molecular flexibility index (Phi) is 6.01. The summed E-state index contributed by atoms with van der Waals surface area (Å²) in [5, 5.41) is 13.5. The van der Waals surface area contributed by atoms with Crippen molar-refractivity contribution < 1.29 is 13.9 Å². The minimum absolute atomic E-state index is 0.149. The lowest BCUT2D eigenvalue weighted by Gasteiger charge is -2.15. The van der Waals surface area contributed by atoms with Crippen LogP contribution in [0.5, 0.6) is 5.75 Å². The predicted octanol–water partition coefficient (Wildman–Crippen LogP) is 4.13. The van der Waals surface area contributed by atoms with Crippen molar-refractivity contribution in [3.63, 3.8) is 0 Å². The van der Waals surface area contributed by atoms with E-state index in [1.165, 1.54) is 12.1 Å². The van der Waals surface area contributed by atoms with E-state index in [0.717, 1.165) is 27.6 Å². The largest absolute Gasteiger partial charge is 0.489 e. The third kappa shape index (κ3) is 4.83. The Morgan fingerprint density at radius 1 is 1.07 bits per heavy atom. The Balaban J connectivity index is 1.79. The van der Waals surface area contributed by atoms with Crippen molar-refractivity contribution in [2.75, 3.05) is 6.54 Å². The van der Waals surface area contributed by atoms with E-state index in [2.05, 4.69) is 5.32 Å². The Morgan fingerprint density at radius 3 is 2.63 bits per heavy atom. The molecule has 4 nitrogen and oxygen atoms in total. The maximum atomic E-state index is 13.1. The van der Waals surface area contributed by atoms with E-state index in [9.17, 15) is 9.18 Å². The quantitative estimate of drug-likeness (QED) is 0.687. The van der Waals surface area contributed by atoms with Crippen LogP contribution in [0.15, 0.2) is 60.7 Å². The highest BCUT2D eigenvalue weighted by atomic mass is 19.1. The van der Waals surface area contributed by atoms with Gasteiger partial charge in [0, 0.05) is 12.1 Å². The number of carbonyl (C=O) groups is 1. The van der Waals surface area contributed by atoms with Crippen molar-refractivity contribution >= 4 is 16.7 Å². The molecule has 0 bridgehead atoms. The molecule has 0 saturated carbocycles. The molecule has 0 aliphatic carbocycles. The highest BCUT2D eigenvalue weighted by Crippen LogP contribution is 2.29. The zero-order valence-corrected chi connectivity index (χ0v) is 14.7. The molecule has 0 radical (unpaired) electrons. The molecule has 0 heterocycles. The second-order valence-corrected chi connectivity index (χ2v) is 6.11. The van der Waals surface area contributed by atoms with Gasteiger partial charge in [-0.2, -0.15) is 5.26 Å². The summed E-state index contributed by atoms with van der Waals surface area (Å²) in [4.78, 5) is 11.5. The van der Waals surface area contributed by atoms with Crippen molar-refractivity contribution in [3.8, 4) is 11.8 Å². The molecular formula is C22H19FN2O2. The van der Waals surface area contributed by atoms with E-state index in [4.69, 9.17) is 10.00 Å². The lowest BCUT2D eigenvalue weighted by atomic mass is 10.0. The molecule has 3 aromatic carbocycles. The Labute approximate surface area is 157 Å². The lowest BCUT2D eigenvalue weighted by Crippen LogP contribution is -2.25. The summed E-state index contributed by atoms with van der Waals surface area (Å²) >= 11 is 0. The number of amides is 1. The van der Waals surface area contributed by atoms with E-state index in [1.54, 1.807) is 12.1 Å². The van der Waals surface area contributed by atoms with Gasteiger partial charge in [-0.25, -0.2) is 4.39 Å². The number of benzene rings is 3. The predicted molar refractivity (Wildman–Crippen MR) is 102 cm³/mol. The molecule has 3 rings (SSSR count). The average Bonchev–Trinajstić information content (AvgIpc) is 2.68. The maximum Gasteiger partial charge on any atom is 0.234 e. The van der Waals surface area contributed by atoms with Crippen molar-refractivity contribution in [1.82, 2.24) is 5.32 Å². The molecule has 1 N–H and O–H groups in total. The van der Waals surface area contributed by atoms with Gasteiger partial charge in [0.1, 0.15) is 24.6 Å². The monoisotopic (exact) mass is 362 g/mol. The summed E-state index contributed by atoms with van der Waals surface area (Å²) in [5.41, 5.74) is 1.87. The molecule has 0 unspecified atom stereocenters. The summed E-state index contributed by atoms with van der Waals surface area (Å²) in [7, 11) is 0. The summed E-state index contributed by atoms with van der Waals surface area (Å²) < 4.78 is 19.0. The summed E-state index contributed by atoms with van der Waals surface area (Å²) in [6.07, 6.45) is 0.431. The number of hydrogen-bond donors (Lipinski definition) is 1. The molecule has 3 aromatic rings. The van der Waals surface area contributed by atoms with Crippen molar-refractivity contribution in [3.05, 3.63) is 77.6 Å². The molecule has 1 amide bonds. The molecule has 0 aromatic heterocycles. The van der Waals surface area contributed by atoms with Crippen LogP contribution in [0.25, 0.3) is 10.8 Å². The first-order valence-corrected chi connectivity index (χ1v) is 8.69. The number of ether oxygens (including phenoxy) is 1. The Bertz CT molecular complexity index is 978. The minimum Gasteiger partial charge on any atom is -0.489 e. The smallest absolute Gasteiger partial charge is 0.234 e. The first-order chi connectivity index (χ1) is 13.2. The van der Waals surface area contributed by atoms with E-state index in [-0.39, 0.29) is 18.1 Å². The van der Waals surface area contributed by atoms with Crippen molar-refractivity contribution in [1.29, 1.82) is 5.26 Å². The molecule has 0 atom stereocenters. The third-order valence-corrected chi connectivity index (χ3v) is 4.24. The van der Waals surface area contributed by atoms with Crippen molar-refractivity contribution in [2.45, 2.75) is 19.4 Å².